The maximum absolute atomic E-state index is 13.0. The van der Waals surface area contributed by atoms with Crippen LogP contribution in [0, 0.1) is 0 Å². The van der Waals surface area contributed by atoms with Crippen molar-refractivity contribution in [1.29, 1.82) is 0 Å². The monoisotopic (exact) mass is 460 g/mol. The molecule has 0 bridgehead atoms. The predicted octanol–water partition coefficient (Wildman–Crippen LogP) is 1.04. The molecule has 33 heavy (non-hydrogen) atoms. The van der Waals surface area contributed by atoms with Gasteiger partial charge in [0.2, 0.25) is 11.8 Å². The van der Waals surface area contributed by atoms with Gasteiger partial charge in [0.1, 0.15) is 11.6 Å². The number of carbonyl (C=O) groups excluding carboxylic acids is 5. The van der Waals surface area contributed by atoms with Crippen LogP contribution < -0.4 is 16.0 Å². The van der Waals surface area contributed by atoms with Crippen molar-refractivity contribution >= 4 is 35.4 Å². The van der Waals surface area contributed by atoms with E-state index in [1.54, 1.807) is 32.9 Å². The van der Waals surface area contributed by atoms with Crippen LogP contribution in [0.5, 0.6) is 0 Å². The summed E-state index contributed by atoms with van der Waals surface area (Å²) < 4.78 is 10.6. The third kappa shape index (κ3) is 5.86. The number of ether oxygens (including phenoxy) is 2. The van der Waals surface area contributed by atoms with E-state index in [1.807, 2.05) is 0 Å². The largest absolute Gasteiger partial charge is 0.444 e. The van der Waals surface area contributed by atoms with Crippen LogP contribution in [0.2, 0.25) is 0 Å². The van der Waals surface area contributed by atoms with Crippen LogP contribution >= 0.6 is 0 Å². The molecule has 0 saturated carbocycles. The Morgan fingerprint density at radius 1 is 1.12 bits per heavy atom. The molecule has 1 fully saturated rings. The fourth-order valence-corrected chi connectivity index (χ4v) is 3.56. The van der Waals surface area contributed by atoms with E-state index in [-0.39, 0.29) is 37.1 Å². The Kier molecular flexibility index (Phi) is 7.32. The first kappa shape index (κ1) is 24.2. The Morgan fingerprint density at radius 3 is 2.55 bits per heavy atom. The first-order chi connectivity index (χ1) is 15.6. The molecule has 0 radical (unpaired) electrons. The summed E-state index contributed by atoms with van der Waals surface area (Å²) in [4.78, 5) is 61.9. The summed E-state index contributed by atoms with van der Waals surface area (Å²) in [5, 5.41) is 7.84. The van der Waals surface area contributed by atoms with Gasteiger partial charge in [0.05, 0.1) is 24.3 Å². The van der Waals surface area contributed by atoms with Crippen LogP contribution in [0.25, 0.3) is 0 Å². The average molecular weight is 460 g/mol. The number of fused-ring (bicyclic) bond motifs is 1. The van der Waals surface area contributed by atoms with Crippen LogP contribution in [-0.2, 0) is 19.1 Å². The zero-order chi connectivity index (χ0) is 24.2. The molecule has 2 heterocycles. The van der Waals surface area contributed by atoms with E-state index in [0.29, 0.717) is 18.8 Å². The Hall–Kier alpha value is -3.47. The van der Waals surface area contributed by atoms with Crippen molar-refractivity contribution in [3.05, 3.63) is 29.3 Å². The third-order valence-electron chi connectivity index (χ3n) is 4.94. The lowest BCUT2D eigenvalue weighted by Crippen LogP contribution is -2.54. The summed E-state index contributed by atoms with van der Waals surface area (Å²) in [7, 11) is 0. The molecular formula is C22H28N4O7. The van der Waals surface area contributed by atoms with Crippen LogP contribution in [-0.4, -0.2) is 72.6 Å². The smallest absolute Gasteiger partial charge is 0.407 e. The predicted molar refractivity (Wildman–Crippen MR) is 117 cm³/mol. The minimum Gasteiger partial charge on any atom is -0.444 e. The van der Waals surface area contributed by atoms with Crippen molar-refractivity contribution in [3.63, 3.8) is 0 Å². The quantitative estimate of drug-likeness (QED) is 0.386. The summed E-state index contributed by atoms with van der Waals surface area (Å²) in [6.45, 7) is 6.52. The molecule has 5 amide bonds. The van der Waals surface area contributed by atoms with Gasteiger partial charge in [-0.05, 0) is 39.3 Å². The third-order valence-corrected chi connectivity index (χ3v) is 4.94. The van der Waals surface area contributed by atoms with Crippen LogP contribution in [0.3, 0.4) is 0 Å². The first-order valence-electron chi connectivity index (χ1n) is 10.7. The fourth-order valence-electron chi connectivity index (χ4n) is 3.56. The number of piperidine rings is 1. The SMILES string of the molecule is CC(C)(C)OC(=O)NCCOCCNc1cccc2c1C(=O)N(C1CCC(=O)NC1=O)C2=O. The van der Waals surface area contributed by atoms with Gasteiger partial charge in [0.15, 0.2) is 0 Å². The molecule has 11 heteroatoms. The van der Waals surface area contributed by atoms with E-state index < -0.39 is 41.4 Å². The zero-order valence-corrected chi connectivity index (χ0v) is 18.9. The number of imide groups is 2. The number of nitrogens with zero attached hydrogens (tertiary/aromatic N) is 1. The van der Waals surface area contributed by atoms with Gasteiger partial charge in [0, 0.05) is 25.2 Å². The number of benzene rings is 1. The molecule has 11 nitrogen and oxygen atoms in total. The Labute approximate surface area is 191 Å². The van der Waals surface area contributed by atoms with Gasteiger partial charge in [-0.15, -0.1) is 0 Å². The summed E-state index contributed by atoms with van der Waals surface area (Å²) in [6, 6.07) is 3.84. The molecule has 1 unspecified atom stereocenters. The second kappa shape index (κ2) is 9.99. The van der Waals surface area contributed by atoms with Gasteiger partial charge in [-0.2, -0.15) is 0 Å². The molecule has 0 aliphatic carbocycles. The maximum Gasteiger partial charge on any atom is 0.407 e. The topological polar surface area (TPSA) is 143 Å². The van der Waals surface area contributed by atoms with Crippen molar-refractivity contribution in [1.82, 2.24) is 15.5 Å². The van der Waals surface area contributed by atoms with Gasteiger partial charge < -0.3 is 20.1 Å². The molecule has 178 valence electrons. The normalized spacial score (nSPS) is 18.2. The van der Waals surface area contributed by atoms with Crippen LogP contribution in [0.1, 0.15) is 54.3 Å². The Balaban J connectivity index is 1.50. The number of nitrogens with one attached hydrogen (secondary N) is 3. The van der Waals surface area contributed by atoms with Gasteiger partial charge in [-0.3, -0.25) is 29.4 Å². The standard InChI is InChI=1S/C22H28N4O7/c1-22(2,3)33-21(31)24-10-12-32-11-9-23-14-6-4-5-13-17(14)20(30)26(19(13)29)15-7-8-16(27)25-18(15)28/h4-6,15,23H,7-12H2,1-3H3,(H,24,31)(H,25,27,28). The van der Waals surface area contributed by atoms with Gasteiger partial charge in [-0.25, -0.2) is 4.79 Å². The van der Waals surface area contributed by atoms with E-state index in [9.17, 15) is 24.0 Å². The molecule has 1 aromatic rings. The minimum absolute atomic E-state index is 0.0645. The van der Waals surface area contributed by atoms with Gasteiger partial charge in [0.25, 0.3) is 11.8 Å². The van der Waals surface area contributed by atoms with Crippen molar-refractivity contribution in [2.45, 2.75) is 45.3 Å². The number of hydrogen-bond acceptors (Lipinski definition) is 8. The second-order valence-electron chi connectivity index (χ2n) is 8.64. The van der Waals surface area contributed by atoms with Crippen molar-refractivity contribution in [3.8, 4) is 0 Å². The summed E-state index contributed by atoms with van der Waals surface area (Å²) >= 11 is 0. The van der Waals surface area contributed by atoms with Crippen LogP contribution in [0.4, 0.5) is 10.5 Å². The van der Waals surface area contributed by atoms with E-state index in [2.05, 4.69) is 16.0 Å². The van der Waals surface area contributed by atoms with E-state index >= 15 is 0 Å². The molecule has 0 aromatic heterocycles. The maximum atomic E-state index is 13.0. The van der Waals surface area contributed by atoms with Gasteiger partial charge >= 0.3 is 6.09 Å². The first-order valence-corrected chi connectivity index (χ1v) is 10.7. The summed E-state index contributed by atoms with van der Waals surface area (Å²) in [5.74, 6) is -2.20. The highest BCUT2D eigenvalue weighted by atomic mass is 16.6. The van der Waals surface area contributed by atoms with Crippen LogP contribution in [0.15, 0.2) is 18.2 Å². The Bertz CT molecular complexity index is 970. The van der Waals surface area contributed by atoms with Crippen molar-refractivity contribution in [2.24, 2.45) is 0 Å². The summed E-state index contributed by atoms with van der Waals surface area (Å²) in [6.07, 6.45) is -0.355. The number of amides is 5. The minimum atomic E-state index is -1.01. The van der Waals surface area contributed by atoms with E-state index in [0.717, 1.165) is 4.90 Å². The lowest BCUT2D eigenvalue weighted by Gasteiger charge is -2.27. The molecular weight excluding hydrogens is 432 g/mol. The van der Waals surface area contributed by atoms with E-state index in [4.69, 9.17) is 9.47 Å². The van der Waals surface area contributed by atoms with E-state index in [1.165, 1.54) is 6.07 Å². The highest BCUT2D eigenvalue weighted by molar-refractivity contribution is 6.25. The number of rotatable bonds is 8. The average Bonchev–Trinajstić information content (AvgIpc) is 2.97. The molecule has 1 atom stereocenters. The number of carbonyl (C=O) groups is 5. The zero-order valence-electron chi connectivity index (χ0n) is 18.9. The lowest BCUT2D eigenvalue weighted by molar-refractivity contribution is -0.136. The molecule has 2 aliphatic rings. The lowest BCUT2D eigenvalue weighted by atomic mass is 10.0. The van der Waals surface area contributed by atoms with Gasteiger partial charge in [-0.1, -0.05) is 6.07 Å². The highest BCUT2D eigenvalue weighted by Crippen LogP contribution is 2.32. The molecule has 1 aromatic carbocycles. The number of anilines is 1. The summed E-state index contributed by atoms with van der Waals surface area (Å²) in [5.41, 5.74) is 0.282. The molecule has 2 aliphatic heterocycles. The number of hydrogen-bond donors (Lipinski definition) is 3. The van der Waals surface area contributed by atoms with Crippen molar-refractivity contribution < 1.29 is 33.4 Å². The molecule has 1 saturated heterocycles. The van der Waals surface area contributed by atoms with Crippen molar-refractivity contribution in [2.75, 3.05) is 31.6 Å². The molecule has 3 rings (SSSR count). The Morgan fingerprint density at radius 2 is 1.85 bits per heavy atom. The fraction of sp³-hybridized carbons (Fsp3) is 0.500. The molecule has 3 N–H and O–H groups in total. The number of alkyl carbamates (subject to hydrolysis) is 1. The highest BCUT2D eigenvalue weighted by Gasteiger charge is 2.45. The second-order valence-corrected chi connectivity index (χ2v) is 8.64. The molecule has 0 spiro atoms.